The Balaban J connectivity index is 3.43. The van der Waals surface area contributed by atoms with Crippen LogP contribution in [0.1, 0.15) is 19.3 Å². The number of carbonyl (C=O) groups excluding carboxylic acids is 1. The van der Waals surface area contributed by atoms with Gasteiger partial charge in [-0.05, 0) is 26.3 Å². The summed E-state index contributed by atoms with van der Waals surface area (Å²) in [5.74, 6) is 0.154. The molecule has 0 radical (unpaired) electrons. The molecule has 3 heteroatoms. The van der Waals surface area contributed by atoms with E-state index in [0.29, 0.717) is 6.54 Å². The Kier molecular flexibility index (Phi) is 7.30. The number of hydrogen-bond acceptors (Lipinski definition) is 2. The van der Waals surface area contributed by atoms with E-state index in [1.807, 2.05) is 13.1 Å². The van der Waals surface area contributed by atoms with Crippen LogP contribution in [-0.2, 0) is 4.79 Å². The number of hydrogen-bond donors (Lipinski definition) is 1. The Morgan fingerprint density at radius 3 is 2.77 bits per heavy atom. The van der Waals surface area contributed by atoms with Crippen molar-refractivity contribution in [3.05, 3.63) is 12.7 Å². The van der Waals surface area contributed by atoms with Gasteiger partial charge in [0.15, 0.2) is 0 Å². The highest BCUT2D eigenvalue weighted by Gasteiger charge is 2.05. The molecule has 0 saturated heterocycles. The number of rotatable bonds is 7. The second-order valence-electron chi connectivity index (χ2n) is 3.13. The van der Waals surface area contributed by atoms with Gasteiger partial charge in [-0.15, -0.1) is 6.58 Å². The molecule has 0 aromatic heterocycles. The van der Waals surface area contributed by atoms with E-state index in [9.17, 15) is 4.79 Å². The largest absolute Gasteiger partial charge is 0.345 e. The van der Waals surface area contributed by atoms with Gasteiger partial charge in [0.25, 0.3) is 0 Å². The van der Waals surface area contributed by atoms with E-state index >= 15 is 0 Å². The molecule has 76 valence electrons. The maximum Gasteiger partial charge on any atom is 0.236 e. The summed E-state index contributed by atoms with van der Waals surface area (Å²) < 4.78 is 0. The molecule has 0 aliphatic heterocycles. The van der Waals surface area contributed by atoms with E-state index < -0.39 is 0 Å². The van der Waals surface area contributed by atoms with Crippen molar-refractivity contribution in [2.24, 2.45) is 0 Å². The van der Waals surface area contributed by atoms with E-state index in [1.54, 1.807) is 11.9 Å². The highest BCUT2D eigenvalue weighted by molar-refractivity contribution is 5.77. The van der Waals surface area contributed by atoms with Gasteiger partial charge in [-0.3, -0.25) is 4.79 Å². The standard InChI is InChI=1S/C10H20N2O/c1-4-5-6-7-8-12(3)10(13)9-11-2/h4,11H,1,5-9H2,2-3H3. The fourth-order valence-electron chi connectivity index (χ4n) is 1.05. The third kappa shape index (κ3) is 6.34. The highest BCUT2D eigenvalue weighted by atomic mass is 16.2. The number of unbranched alkanes of at least 4 members (excludes halogenated alkanes) is 2. The lowest BCUT2D eigenvalue weighted by Gasteiger charge is -2.16. The molecule has 0 spiro atoms. The molecule has 0 atom stereocenters. The number of carbonyl (C=O) groups is 1. The van der Waals surface area contributed by atoms with Gasteiger partial charge >= 0.3 is 0 Å². The van der Waals surface area contributed by atoms with Crippen molar-refractivity contribution in [3.63, 3.8) is 0 Å². The maximum absolute atomic E-state index is 11.3. The van der Waals surface area contributed by atoms with Gasteiger partial charge in [-0.2, -0.15) is 0 Å². The van der Waals surface area contributed by atoms with Gasteiger partial charge < -0.3 is 10.2 Å². The maximum atomic E-state index is 11.3. The molecular formula is C10H20N2O. The second-order valence-corrected chi connectivity index (χ2v) is 3.13. The Bertz CT molecular complexity index is 157. The molecule has 0 bridgehead atoms. The predicted molar refractivity (Wildman–Crippen MR) is 55.6 cm³/mol. The third-order valence-corrected chi connectivity index (χ3v) is 1.91. The van der Waals surface area contributed by atoms with Crippen molar-refractivity contribution in [2.75, 3.05) is 27.2 Å². The van der Waals surface area contributed by atoms with Crippen LogP contribution >= 0.6 is 0 Å². The zero-order valence-corrected chi connectivity index (χ0v) is 8.68. The van der Waals surface area contributed by atoms with E-state index in [-0.39, 0.29) is 5.91 Å². The van der Waals surface area contributed by atoms with Crippen LogP contribution in [0.4, 0.5) is 0 Å². The molecule has 0 heterocycles. The summed E-state index contributed by atoms with van der Waals surface area (Å²) in [5.41, 5.74) is 0. The Morgan fingerprint density at radius 1 is 1.54 bits per heavy atom. The van der Waals surface area contributed by atoms with Crippen molar-refractivity contribution in [2.45, 2.75) is 19.3 Å². The van der Waals surface area contributed by atoms with Gasteiger partial charge in [0.1, 0.15) is 0 Å². The summed E-state index contributed by atoms with van der Waals surface area (Å²) in [7, 11) is 3.62. The lowest BCUT2D eigenvalue weighted by molar-refractivity contribution is -0.128. The molecule has 0 fully saturated rings. The van der Waals surface area contributed by atoms with Gasteiger partial charge in [0.05, 0.1) is 6.54 Å². The van der Waals surface area contributed by atoms with Crippen LogP contribution in [-0.4, -0.2) is 38.0 Å². The molecule has 0 unspecified atom stereocenters. The number of amides is 1. The van der Waals surface area contributed by atoms with Crippen LogP contribution in [0.2, 0.25) is 0 Å². The first-order valence-corrected chi connectivity index (χ1v) is 4.71. The zero-order valence-electron chi connectivity index (χ0n) is 8.68. The molecule has 1 N–H and O–H groups in total. The summed E-state index contributed by atoms with van der Waals surface area (Å²) in [6.45, 7) is 4.92. The van der Waals surface area contributed by atoms with E-state index in [0.717, 1.165) is 25.8 Å². The SMILES string of the molecule is C=CCCCCN(C)C(=O)CNC. The quantitative estimate of drug-likeness (QED) is 0.473. The molecule has 0 aromatic carbocycles. The molecule has 0 rings (SSSR count). The third-order valence-electron chi connectivity index (χ3n) is 1.91. The lowest BCUT2D eigenvalue weighted by atomic mass is 10.2. The fourth-order valence-corrected chi connectivity index (χ4v) is 1.05. The minimum Gasteiger partial charge on any atom is -0.345 e. The fraction of sp³-hybridized carbons (Fsp3) is 0.700. The molecule has 0 aromatic rings. The van der Waals surface area contributed by atoms with Crippen molar-refractivity contribution < 1.29 is 4.79 Å². The molecular weight excluding hydrogens is 164 g/mol. The smallest absolute Gasteiger partial charge is 0.236 e. The topological polar surface area (TPSA) is 32.3 Å². The first-order valence-electron chi connectivity index (χ1n) is 4.71. The Hall–Kier alpha value is -0.830. The van der Waals surface area contributed by atoms with Crippen LogP contribution in [0.3, 0.4) is 0 Å². The van der Waals surface area contributed by atoms with Crippen molar-refractivity contribution in [3.8, 4) is 0 Å². The number of likely N-dealkylation sites (N-methyl/N-ethyl adjacent to an activating group) is 2. The predicted octanol–water partition coefficient (Wildman–Crippen LogP) is 1.02. The monoisotopic (exact) mass is 184 g/mol. The molecule has 1 amide bonds. The summed E-state index contributed by atoms with van der Waals surface area (Å²) in [4.78, 5) is 13.0. The zero-order chi connectivity index (χ0) is 10.1. The first kappa shape index (κ1) is 12.2. The first-order chi connectivity index (χ1) is 6.22. The average molecular weight is 184 g/mol. The molecule has 3 nitrogen and oxygen atoms in total. The summed E-state index contributed by atoms with van der Waals surface area (Å²) in [6.07, 6.45) is 5.11. The Labute approximate surface area is 80.8 Å². The minimum absolute atomic E-state index is 0.154. The molecule has 0 aliphatic carbocycles. The summed E-state index contributed by atoms with van der Waals surface area (Å²) in [6, 6.07) is 0. The normalized spacial score (nSPS) is 9.69. The highest BCUT2D eigenvalue weighted by Crippen LogP contribution is 1.97. The van der Waals surface area contributed by atoms with Gasteiger partial charge in [-0.1, -0.05) is 6.08 Å². The number of nitrogens with one attached hydrogen (secondary N) is 1. The van der Waals surface area contributed by atoms with Crippen LogP contribution in [0.15, 0.2) is 12.7 Å². The van der Waals surface area contributed by atoms with Crippen molar-refractivity contribution in [1.29, 1.82) is 0 Å². The molecule has 0 saturated carbocycles. The van der Waals surface area contributed by atoms with E-state index in [4.69, 9.17) is 0 Å². The van der Waals surface area contributed by atoms with Crippen molar-refractivity contribution >= 4 is 5.91 Å². The number of allylic oxidation sites excluding steroid dienone is 1. The van der Waals surface area contributed by atoms with Gasteiger partial charge in [0, 0.05) is 13.6 Å². The second kappa shape index (κ2) is 7.80. The van der Waals surface area contributed by atoms with Crippen molar-refractivity contribution in [1.82, 2.24) is 10.2 Å². The van der Waals surface area contributed by atoms with E-state index in [1.165, 1.54) is 0 Å². The summed E-state index contributed by atoms with van der Waals surface area (Å²) in [5, 5.41) is 2.84. The minimum atomic E-state index is 0.154. The van der Waals surface area contributed by atoms with Crippen LogP contribution < -0.4 is 5.32 Å². The lowest BCUT2D eigenvalue weighted by Crippen LogP contribution is -2.34. The average Bonchev–Trinajstić information content (AvgIpc) is 2.12. The Morgan fingerprint density at radius 2 is 2.23 bits per heavy atom. The molecule has 13 heavy (non-hydrogen) atoms. The van der Waals surface area contributed by atoms with Gasteiger partial charge in [0.2, 0.25) is 5.91 Å². The number of nitrogens with zero attached hydrogens (tertiary/aromatic N) is 1. The van der Waals surface area contributed by atoms with Crippen LogP contribution in [0.25, 0.3) is 0 Å². The van der Waals surface area contributed by atoms with Crippen LogP contribution in [0.5, 0.6) is 0 Å². The summed E-state index contributed by atoms with van der Waals surface area (Å²) >= 11 is 0. The van der Waals surface area contributed by atoms with Gasteiger partial charge in [-0.25, -0.2) is 0 Å². The molecule has 0 aliphatic rings. The van der Waals surface area contributed by atoms with Crippen LogP contribution in [0, 0.1) is 0 Å². The van der Waals surface area contributed by atoms with E-state index in [2.05, 4.69) is 11.9 Å².